The van der Waals surface area contributed by atoms with Gasteiger partial charge in [-0.2, -0.15) is 9.97 Å². The zero-order valence-corrected chi connectivity index (χ0v) is 31.3. The molecule has 5 aromatic rings. The molecule has 0 aliphatic carbocycles. The highest BCUT2D eigenvalue weighted by Gasteiger charge is 2.50. The van der Waals surface area contributed by atoms with Gasteiger partial charge in [0.05, 0.1) is 22.2 Å². The van der Waals surface area contributed by atoms with E-state index in [1.807, 2.05) is 12.1 Å². The second-order valence-electron chi connectivity index (χ2n) is 16.1. The molecule has 6 atom stereocenters. The Balaban J connectivity index is 1.04. The molecule has 288 valence electrons. The summed E-state index contributed by atoms with van der Waals surface area (Å²) in [7, 11) is 0. The van der Waals surface area contributed by atoms with Gasteiger partial charge in [0.2, 0.25) is 5.88 Å². The number of fused-ring (bicyclic) bond motifs is 7. The number of nitrogens with one attached hydrogen (secondary N) is 1. The molecule has 3 aromatic heterocycles. The Kier molecular flexibility index (Phi) is 8.74. The summed E-state index contributed by atoms with van der Waals surface area (Å²) < 4.78 is 59.5. The normalized spacial score (nSPS) is 26.1. The number of aryl methyl sites for hydroxylation is 1. The minimum Gasteiger partial charge on any atom is -0.475 e. The maximum absolute atomic E-state index is 17.4. The van der Waals surface area contributed by atoms with E-state index in [2.05, 4.69) is 31.0 Å². The van der Waals surface area contributed by atoms with Crippen LogP contribution in [0.3, 0.4) is 0 Å². The summed E-state index contributed by atoms with van der Waals surface area (Å²) in [4.78, 5) is 28.2. The summed E-state index contributed by atoms with van der Waals surface area (Å²) in [6, 6.07) is 9.43. The number of hydrogen-bond donors (Lipinski definition) is 1. The molecule has 2 bridgehead atoms. The molecule has 5 aliphatic heterocycles. The number of hydrogen-bond acceptors (Lipinski definition) is 10. The summed E-state index contributed by atoms with van der Waals surface area (Å²) in [6.07, 6.45) is 15.8. The summed E-state index contributed by atoms with van der Waals surface area (Å²) in [5, 5.41) is 5.56. The van der Waals surface area contributed by atoms with E-state index in [0.29, 0.717) is 65.0 Å². The highest BCUT2D eigenvalue weighted by Crippen LogP contribution is 2.45. The van der Waals surface area contributed by atoms with Crippen molar-refractivity contribution in [3.05, 3.63) is 71.3 Å². The quantitative estimate of drug-likeness (QED) is 0.166. The Morgan fingerprint density at radius 3 is 2.77 bits per heavy atom. The number of nitrogens with zero attached hydrogens (tertiary/aromatic N) is 7. The standard InChI is InChI=1S/C43H43F3N8O2/c1-3-28-30(45)13-11-25-7-4-8-29(34(25)28)38-36(46)39-35-32(50-38)9-5-10-33-31-14-12-26(49-31)21-53(33)40(35)52-42(51-39)56-23-43-16-6-20-54(43)27(15-17-43)22-55-41-37(24(2)44)47-18-19-48-41/h1,4,7-8,11,13,18-19,24,26-27,31,33,49H,5-6,9-10,12,14-17,20-23H2,2H3/t24?,26-,27+,31+,33-,43+/m1/s1. The summed E-state index contributed by atoms with van der Waals surface area (Å²) in [5.41, 5.74) is 1.35. The van der Waals surface area contributed by atoms with Crippen LogP contribution in [0, 0.1) is 24.0 Å². The van der Waals surface area contributed by atoms with E-state index in [1.54, 1.807) is 12.1 Å². The van der Waals surface area contributed by atoms with Crippen LogP contribution >= 0.6 is 0 Å². The monoisotopic (exact) mass is 760 g/mol. The molecule has 4 fully saturated rings. The van der Waals surface area contributed by atoms with Gasteiger partial charge in [-0.15, -0.1) is 6.42 Å². The van der Waals surface area contributed by atoms with Crippen LogP contribution in [0.4, 0.5) is 19.0 Å². The van der Waals surface area contributed by atoms with Crippen LogP contribution in [0.25, 0.3) is 32.9 Å². The first-order valence-corrected chi connectivity index (χ1v) is 19.9. The van der Waals surface area contributed by atoms with Crippen molar-refractivity contribution in [2.75, 3.05) is 31.2 Å². The number of ether oxygens (including phenoxy) is 2. The third kappa shape index (κ3) is 5.74. The minimum atomic E-state index is -1.29. The summed E-state index contributed by atoms with van der Waals surface area (Å²) in [6.45, 7) is 3.73. The maximum atomic E-state index is 17.4. The van der Waals surface area contributed by atoms with Crippen LogP contribution in [0.5, 0.6) is 11.9 Å². The van der Waals surface area contributed by atoms with E-state index >= 15 is 8.78 Å². The number of anilines is 1. The lowest BCUT2D eigenvalue weighted by Crippen LogP contribution is -2.58. The molecular formula is C43H43F3N8O2. The predicted molar refractivity (Wildman–Crippen MR) is 206 cm³/mol. The molecule has 2 aromatic carbocycles. The van der Waals surface area contributed by atoms with Crippen LogP contribution in [-0.4, -0.2) is 85.8 Å². The van der Waals surface area contributed by atoms with Crippen LogP contribution in [0.2, 0.25) is 0 Å². The number of terminal acetylenes is 1. The van der Waals surface area contributed by atoms with Crippen LogP contribution in [-0.2, 0) is 6.42 Å². The molecule has 4 saturated heterocycles. The van der Waals surface area contributed by atoms with Gasteiger partial charge in [0, 0.05) is 54.1 Å². The molecule has 0 spiro atoms. The zero-order chi connectivity index (χ0) is 38.1. The molecular weight excluding hydrogens is 718 g/mol. The fourth-order valence-corrected chi connectivity index (χ4v) is 10.4. The average Bonchev–Trinajstić information content (AvgIpc) is 3.91. The van der Waals surface area contributed by atoms with Crippen LogP contribution in [0.1, 0.15) is 81.4 Å². The van der Waals surface area contributed by atoms with Gasteiger partial charge in [0.1, 0.15) is 47.9 Å². The Labute approximate surface area is 323 Å². The number of piperazine rings is 1. The SMILES string of the molecule is C#Cc1c(F)ccc2cccc(-c3nc4c5c(nc(OC[C@@]67CCCN6[C@H](COc6nccnc6C(C)F)CC7)nc5c3F)N3C[C@H]5CC[C@H](N5)[C@H]3CCC4)c12. The van der Waals surface area contributed by atoms with Crippen LogP contribution < -0.4 is 19.7 Å². The molecule has 0 saturated carbocycles. The molecule has 0 amide bonds. The molecule has 0 radical (unpaired) electrons. The number of pyridine rings is 1. The Bertz CT molecular complexity index is 2410. The number of alkyl halides is 1. The van der Waals surface area contributed by atoms with E-state index in [1.165, 1.54) is 25.4 Å². The number of halogens is 3. The molecule has 13 heteroatoms. The van der Waals surface area contributed by atoms with Gasteiger partial charge >= 0.3 is 6.01 Å². The van der Waals surface area contributed by atoms with Crippen LogP contribution in [0.15, 0.2) is 42.7 Å². The maximum Gasteiger partial charge on any atom is 0.319 e. The molecule has 5 aliphatic rings. The van der Waals surface area contributed by atoms with E-state index in [0.717, 1.165) is 64.5 Å². The fraction of sp³-hybridized carbons (Fsp3) is 0.465. The number of aromatic nitrogens is 5. The molecule has 10 rings (SSSR count). The molecule has 56 heavy (non-hydrogen) atoms. The highest BCUT2D eigenvalue weighted by atomic mass is 19.1. The van der Waals surface area contributed by atoms with Gasteiger partial charge in [0.25, 0.3) is 0 Å². The van der Waals surface area contributed by atoms with Gasteiger partial charge in [-0.3, -0.25) is 9.88 Å². The third-order valence-corrected chi connectivity index (χ3v) is 12.9. The van der Waals surface area contributed by atoms with Crippen molar-refractivity contribution in [1.29, 1.82) is 0 Å². The smallest absolute Gasteiger partial charge is 0.319 e. The average molecular weight is 761 g/mol. The lowest BCUT2D eigenvalue weighted by Gasteiger charge is -2.43. The zero-order valence-electron chi connectivity index (χ0n) is 31.3. The van der Waals surface area contributed by atoms with Gasteiger partial charge in [-0.05, 0) is 82.7 Å². The summed E-state index contributed by atoms with van der Waals surface area (Å²) >= 11 is 0. The lowest BCUT2D eigenvalue weighted by molar-refractivity contribution is 0.0673. The van der Waals surface area contributed by atoms with Crippen molar-refractivity contribution in [2.45, 2.75) is 101 Å². The molecule has 10 nitrogen and oxygen atoms in total. The Hall–Kier alpha value is -5.06. The predicted octanol–water partition coefficient (Wildman–Crippen LogP) is 7.03. The molecule has 8 heterocycles. The highest BCUT2D eigenvalue weighted by molar-refractivity contribution is 6.02. The van der Waals surface area contributed by atoms with E-state index < -0.39 is 17.8 Å². The Morgan fingerprint density at radius 1 is 1.00 bits per heavy atom. The van der Waals surface area contributed by atoms with Gasteiger partial charge < -0.3 is 19.7 Å². The van der Waals surface area contributed by atoms with Crippen molar-refractivity contribution in [1.82, 2.24) is 35.1 Å². The number of rotatable bonds is 8. The van der Waals surface area contributed by atoms with E-state index in [4.69, 9.17) is 30.8 Å². The number of benzene rings is 2. The first kappa shape index (κ1) is 35.4. The van der Waals surface area contributed by atoms with E-state index in [9.17, 15) is 4.39 Å². The fourth-order valence-electron chi connectivity index (χ4n) is 10.4. The lowest BCUT2D eigenvalue weighted by atomic mass is 9.93. The second kappa shape index (κ2) is 13.8. The molecule has 1 N–H and O–H groups in total. The van der Waals surface area contributed by atoms with Gasteiger partial charge in [-0.25, -0.2) is 23.1 Å². The second-order valence-corrected chi connectivity index (χ2v) is 16.1. The van der Waals surface area contributed by atoms with Crippen molar-refractivity contribution < 1.29 is 22.6 Å². The van der Waals surface area contributed by atoms with Crippen molar-refractivity contribution in [3.8, 4) is 35.5 Å². The van der Waals surface area contributed by atoms with Gasteiger partial charge in [0.15, 0.2) is 5.82 Å². The summed E-state index contributed by atoms with van der Waals surface area (Å²) in [5.74, 6) is 2.22. The van der Waals surface area contributed by atoms with Crippen molar-refractivity contribution in [2.24, 2.45) is 0 Å². The van der Waals surface area contributed by atoms with Gasteiger partial charge in [-0.1, -0.05) is 30.2 Å². The topological polar surface area (TPSA) is 101 Å². The Morgan fingerprint density at radius 2 is 1.89 bits per heavy atom. The first-order chi connectivity index (χ1) is 27.3. The largest absolute Gasteiger partial charge is 0.475 e. The first-order valence-electron chi connectivity index (χ1n) is 19.9. The van der Waals surface area contributed by atoms with Crippen molar-refractivity contribution in [3.63, 3.8) is 0 Å². The minimum absolute atomic E-state index is 0.0725. The third-order valence-electron chi connectivity index (χ3n) is 12.9. The van der Waals surface area contributed by atoms with Crippen molar-refractivity contribution >= 4 is 27.5 Å². The molecule has 1 unspecified atom stereocenters. The van der Waals surface area contributed by atoms with E-state index in [-0.39, 0.29) is 52.0 Å².